The summed E-state index contributed by atoms with van der Waals surface area (Å²) in [6.45, 7) is 9.28. The Hall–Kier alpha value is -2.34. The average Bonchev–Trinajstić information content (AvgIpc) is 2.58. The number of hydrogen-bond donors (Lipinski definition) is 1. The molecule has 134 valence electrons. The number of sulfonamides is 1. The van der Waals surface area contributed by atoms with Crippen LogP contribution in [-0.4, -0.2) is 27.3 Å². The molecule has 6 heteroatoms. The Bertz CT molecular complexity index is 855. The van der Waals surface area contributed by atoms with Crippen LogP contribution in [0.15, 0.2) is 47.4 Å². The molecular formula is C19H24N2O3S. The van der Waals surface area contributed by atoms with Gasteiger partial charge in [0.05, 0.1) is 10.6 Å². The number of benzene rings is 2. The maximum absolute atomic E-state index is 12.6. The van der Waals surface area contributed by atoms with E-state index in [9.17, 15) is 13.2 Å². The van der Waals surface area contributed by atoms with Crippen LogP contribution >= 0.6 is 0 Å². The SMILES string of the molecule is CCN(CC)c1ccc(NS(=O)(=O)c2ccc(C(C)=O)cc2)c(C)c1. The van der Waals surface area contributed by atoms with Gasteiger partial charge < -0.3 is 4.90 Å². The summed E-state index contributed by atoms with van der Waals surface area (Å²) in [5.41, 5.74) is 2.95. The van der Waals surface area contributed by atoms with Crippen LogP contribution in [0.5, 0.6) is 0 Å². The zero-order valence-electron chi connectivity index (χ0n) is 15.0. The fourth-order valence-corrected chi connectivity index (χ4v) is 3.75. The van der Waals surface area contributed by atoms with Gasteiger partial charge in [0.15, 0.2) is 5.78 Å². The number of hydrogen-bond acceptors (Lipinski definition) is 4. The molecule has 2 rings (SSSR count). The lowest BCUT2D eigenvalue weighted by Gasteiger charge is -2.22. The van der Waals surface area contributed by atoms with Crippen molar-refractivity contribution in [3.8, 4) is 0 Å². The molecule has 0 aliphatic rings. The smallest absolute Gasteiger partial charge is 0.261 e. The number of nitrogens with zero attached hydrogens (tertiary/aromatic N) is 1. The number of Topliss-reactive ketones (excluding diaryl/α,β-unsaturated/α-hetero) is 1. The first-order valence-corrected chi connectivity index (χ1v) is 9.76. The van der Waals surface area contributed by atoms with Crippen molar-refractivity contribution in [3.63, 3.8) is 0 Å². The first-order chi connectivity index (χ1) is 11.8. The largest absolute Gasteiger partial charge is 0.372 e. The van der Waals surface area contributed by atoms with Crippen LogP contribution in [0.3, 0.4) is 0 Å². The molecular weight excluding hydrogens is 336 g/mol. The molecule has 0 heterocycles. The van der Waals surface area contributed by atoms with Crippen molar-refractivity contribution in [3.05, 3.63) is 53.6 Å². The van der Waals surface area contributed by atoms with Gasteiger partial charge in [-0.3, -0.25) is 9.52 Å². The Labute approximate surface area is 149 Å². The molecule has 0 aliphatic carbocycles. The van der Waals surface area contributed by atoms with Gasteiger partial charge in [0, 0.05) is 24.3 Å². The predicted molar refractivity (Wildman–Crippen MR) is 102 cm³/mol. The van der Waals surface area contributed by atoms with Crippen molar-refractivity contribution in [1.82, 2.24) is 0 Å². The molecule has 0 saturated heterocycles. The number of carbonyl (C=O) groups is 1. The Balaban J connectivity index is 2.27. The maximum atomic E-state index is 12.6. The normalized spacial score (nSPS) is 11.2. The van der Waals surface area contributed by atoms with Crippen molar-refractivity contribution in [1.29, 1.82) is 0 Å². The first-order valence-electron chi connectivity index (χ1n) is 8.28. The van der Waals surface area contributed by atoms with E-state index < -0.39 is 10.0 Å². The lowest BCUT2D eigenvalue weighted by molar-refractivity contribution is 0.101. The molecule has 0 fully saturated rings. The first kappa shape index (κ1) is 19.0. The highest BCUT2D eigenvalue weighted by Gasteiger charge is 2.16. The van der Waals surface area contributed by atoms with Crippen molar-refractivity contribution < 1.29 is 13.2 Å². The monoisotopic (exact) mass is 360 g/mol. The standard InChI is InChI=1S/C19H24N2O3S/c1-5-21(6-2)17-9-12-19(14(3)13-17)20-25(23,24)18-10-7-16(8-11-18)15(4)22/h7-13,20H,5-6H2,1-4H3. The molecule has 0 aliphatic heterocycles. The quantitative estimate of drug-likeness (QED) is 0.762. The van der Waals surface area contributed by atoms with Crippen LogP contribution in [0.1, 0.15) is 36.7 Å². The molecule has 0 atom stereocenters. The van der Waals surface area contributed by atoms with Crippen molar-refractivity contribution >= 4 is 27.2 Å². The number of aryl methyl sites for hydroxylation is 1. The van der Waals surface area contributed by atoms with Crippen molar-refractivity contribution in [2.24, 2.45) is 0 Å². The van der Waals surface area contributed by atoms with Crippen LogP contribution in [0, 0.1) is 6.92 Å². The highest BCUT2D eigenvalue weighted by Crippen LogP contribution is 2.25. The summed E-state index contributed by atoms with van der Waals surface area (Å²) >= 11 is 0. The molecule has 1 N–H and O–H groups in total. The summed E-state index contributed by atoms with van der Waals surface area (Å²) in [5, 5.41) is 0. The van der Waals surface area contributed by atoms with Gasteiger partial charge in [-0.2, -0.15) is 0 Å². The molecule has 0 amide bonds. The molecule has 2 aromatic rings. The summed E-state index contributed by atoms with van der Waals surface area (Å²) in [6.07, 6.45) is 0. The van der Waals surface area contributed by atoms with Gasteiger partial charge in [0.2, 0.25) is 0 Å². The molecule has 0 aromatic heterocycles. The minimum atomic E-state index is -3.70. The van der Waals surface area contributed by atoms with E-state index in [0.717, 1.165) is 24.3 Å². The molecule has 0 spiro atoms. The minimum absolute atomic E-state index is 0.0975. The Morgan fingerprint density at radius 3 is 2.12 bits per heavy atom. The summed E-state index contributed by atoms with van der Waals surface area (Å²) in [5.74, 6) is -0.0975. The highest BCUT2D eigenvalue weighted by atomic mass is 32.2. The van der Waals surface area contributed by atoms with Gasteiger partial charge >= 0.3 is 0 Å². The minimum Gasteiger partial charge on any atom is -0.372 e. The lowest BCUT2D eigenvalue weighted by Crippen LogP contribution is -2.22. The second kappa shape index (κ2) is 7.70. The van der Waals surface area contributed by atoms with Gasteiger partial charge in [-0.15, -0.1) is 0 Å². The van der Waals surface area contributed by atoms with E-state index >= 15 is 0 Å². The molecule has 0 saturated carbocycles. The molecule has 0 bridgehead atoms. The Morgan fingerprint density at radius 1 is 1.04 bits per heavy atom. The lowest BCUT2D eigenvalue weighted by atomic mass is 10.1. The molecule has 5 nitrogen and oxygen atoms in total. The fraction of sp³-hybridized carbons (Fsp3) is 0.316. The second-order valence-electron chi connectivity index (χ2n) is 5.86. The van der Waals surface area contributed by atoms with Crippen molar-refractivity contribution in [2.75, 3.05) is 22.7 Å². The Kier molecular flexibility index (Phi) is 5.85. The number of anilines is 2. The summed E-state index contributed by atoms with van der Waals surface area (Å²) in [4.78, 5) is 13.6. The van der Waals surface area contributed by atoms with Crippen LogP contribution < -0.4 is 9.62 Å². The third-order valence-electron chi connectivity index (χ3n) is 4.15. The molecule has 2 aromatic carbocycles. The third-order valence-corrected chi connectivity index (χ3v) is 5.54. The third kappa shape index (κ3) is 4.39. The van der Waals surface area contributed by atoms with E-state index in [1.54, 1.807) is 6.07 Å². The zero-order chi connectivity index (χ0) is 18.6. The van der Waals surface area contributed by atoms with E-state index in [1.165, 1.54) is 31.2 Å². The predicted octanol–water partition coefficient (Wildman–Crippen LogP) is 3.84. The summed E-state index contributed by atoms with van der Waals surface area (Å²) in [6, 6.07) is 11.6. The van der Waals surface area contributed by atoms with E-state index in [2.05, 4.69) is 23.5 Å². The van der Waals surface area contributed by atoms with Gasteiger partial charge in [0.1, 0.15) is 0 Å². The number of nitrogens with one attached hydrogen (secondary N) is 1. The molecule has 0 radical (unpaired) electrons. The van der Waals surface area contributed by atoms with E-state index in [4.69, 9.17) is 0 Å². The van der Waals surface area contributed by atoms with Crippen LogP contribution in [0.25, 0.3) is 0 Å². The summed E-state index contributed by atoms with van der Waals surface area (Å²) in [7, 11) is -3.70. The fourth-order valence-electron chi connectivity index (χ4n) is 2.62. The maximum Gasteiger partial charge on any atom is 0.261 e. The number of rotatable bonds is 7. The number of carbonyl (C=O) groups excluding carboxylic acids is 1. The highest BCUT2D eigenvalue weighted by molar-refractivity contribution is 7.92. The van der Waals surface area contributed by atoms with E-state index in [1.807, 2.05) is 19.1 Å². The van der Waals surface area contributed by atoms with E-state index in [0.29, 0.717) is 11.3 Å². The zero-order valence-corrected chi connectivity index (χ0v) is 15.9. The van der Waals surface area contributed by atoms with Gasteiger partial charge in [0.25, 0.3) is 10.0 Å². The van der Waals surface area contributed by atoms with Gasteiger partial charge in [-0.25, -0.2) is 8.42 Å². The van der Waals surface area contributed by atoms with Crippen LogP contribution in [0.2, 0.25) is 0 Å². The van der Waals surface area contributed by atoms with Gasteiger partial charge in [-0.1, -0.05) is 12.1 Å². The molecule has 0 unspecified atom stereocenters. The topological polar surface area (TPSA) is 66.5 Å². The van der Waals surface area contributed by atoms with Crippen LogP contribution in [0.4, 0.5) is 11.4 Å². The Morgan fingerprint density at radius 2 is 1.64 bits per heavy atom. The summed E-state index contributed by atoms with van der Waals surface area (Å²) < 4.78 is 27.7. The van der Waals surface area contributed by atoms with E-state index in [-0.39, 0.29) is 10.7 Å². The second-order valence-corrected chi connectivity index (χ2v) is 7.54. The van der Waals surface area contributed by atoms with Crippen LogP contribution in [-0.2, 0) is 10.0 Å². The van der Waals surface area contributed by atoms with Crippen molar-refractivity contribution in [2.45, 2.75) is 32.6 Å². The van der Waals surface area contributed by atoms with Gasteiger partial charge in [-0.05, 0) is 63.6 Å². The molecule has 25 heavy (non-hydrogen) atoms. The number of ketones is 1. The average molecular weight is 360 g/mol.